The van der Waals surface area contributed by atoms with E-state index in [0.717, 1.165) is 49.1 Å². The average molecular weight is 295 g/mol. The molecular formula is C16H23ClN2O. The molecule has 110 valence electrons. The minimum Gasteiger partial charge on any atom is -0.356 e. The molecule has 0 saturated heterocycles. The lowest BCUT2D eigenvalue weighted by molar-refractivity contribution is -0.130. The Labute approximate surface area is 125 Å². The van der Waals surface area contributed by atoms with Crippen molar-refractivity contribution < 1.29 is 4.79 Å². The molecule has 0 aromatic heterocycles. The molecule has 0 bridgehead atoms. The van der Waals surface area contributed by atoms with Gasteiger partial charge in [-0.25, -0.2) is 0 Å². The van der Waals surface area contributed by atoms with Crippen molar-refractivity contribution in [1.82, 2.24) is 5.32 Å². The van der Waals surface area contributed by atoms with Gasteiger partial charge in [0.2, 0.25) is 5.91 Å². The van der Waals surface area contributed by atoms with Gasteiger partial charge < -0.3 is 11.1 Å². The molecule has 1 saturated carbocycles. The van der Waals surface area contributed by atoms with Crippen LogP contribution in [0.1, 0.15) is 37.7 Å². The van der Waals surface area contributed by atoms with Gasteiger partial charge >= 0.3 is 0 Å². The fourth-order valence-corrected chi connectivity index (χ4v) is 3.28. The van der Waals surface area contributed by atoms with Crippen molar-refractivity contribution >= 4 is 17.5 Å². The van der Waals surface area contributed by atoms with Gasteiger partial charge in [0, 0.05) is 11.6 Å². The zero-order chi connectivity index (χ0) is 14.4. The van der Waals surface area contributed by atoms with Crippen LogP contribution < -0.4 is 11.1 Å². The Kier molecular flexibility index (Phi) is 5.44. The maximum atomic E-state index is 12.5. The maximum absolute atomic E-state index is 12.5. The van der Waals surface area contributed by atoms with Crippen molar-refractivity contribution in [2.24, 2.45) is 11.1 Å². The lowest BCUT2D eigenvalue weighted by Gasteiger charge is -2.28. The second-order valence-corrected chi connectivity index (χ2v) is 6.13. The van der Waals surface area contributed by atoms with Crippen LogP contribution in [0, 0.1) is 5.41 Å². The summed E-state index contributed by atoms with van der Waals surface area (Å²) in [5, 5.41) is 3.78. The van der Waals surface area contributed by atoms with Crippen LogP contribution in [0.25, 0.3) is 0 Å². The molecule has 0 atom stereocenters. The highest BCUT2D eigenvalue weighted by atomic mass is 35.5. The SMILES string of the molecule is NCCCNC(=O)C1(Cc2cccc(Cl)c2)CCCC1. The summed E-state index contributed by atoms with van der Waals surface area (Å²) in [7, 11) is 0. The van der Waals surface area contributed by atoms with Gasteiger partial charge in [0.1, 0.15) is 0 Å². The summed E-state index contributed by atoms with van der Waals surface area (Å²) in [5.41, 5.74) is 6.37. The highest BCUT2D eigenvalue weighted by Gasteiger charge is 2.40. The van der Waals surface area contributed by atoms with Gasteiger partial charge in [-0.3, -0.25) is 4.79 Å². The van der Waals surface area contributed by atoms with Crippen LogP contribution in [-0.4, -0.2) is 19.0 Å². The number of benzene rings is 1. The first kappa shape index (κ1) is 15.3. The smallest absolute Gasteiger partial charge is 0.226 e. The third-order valence-corrected chi connectivity index (χ3v) is 4.38. The highest BCUT2D eigenvalue weighted by molar-refractivity contribution is 6.30. The van der Waals surface area contributed by atoms with Gasteiger partial charge in [-0.05, 0) is 49.9 Å². The van der Waals surface area contributed by atoms with Crippen molar-refractivity contribution in [3.05, 3.63) is 34.9 Å². The topological polar surface area (TPSA) is 55.1 Å². The summed E-state index contributed by atoms with van der Waals surface area (Å²) in [6, 6.07) is 7.84. The average Bonchev–Trinajstić information content (AvgIpc) is 2.89. The molecule has 4 heteroatoms. The molecule has 1 aromatic carbocycles. The number of carbonyl (C=O) groups is 1. The van der Waals surface area contributed by atoms with Crippen LogP contribution in [-0.2, 0) is 11.2 Å². The molecule has 2 rings (SSSR count). The van der Waals surface area contributed by atoms with Crippen molar-refractivity contribution in [3.8, 4) is 0 Å². The fraction of sp³-hybridized carbons (Fsp3) is 0.562. The Bertz CT molecular complexity index is 456. The molecule has 0 spiro atoms. The van der Waals surface area contributed by atoms with Crippen molar-refractivity contribution in [1.29, 1.82) is 0 Å². The van der Waals surface area contributed by atoms with E-state index in [1.807, 2.05) is 18.2 Å². The molecule has 3 nitrogen and oxygen atoms in total. The zero-order valence-corrected chi connectivity index (χ0v) is 12.6. The van der Waals surface area contributed by atoms with Crippen molar-refractivity contribution in [3.63, 3.8) is 0 Å². The van der Waals surface area contributed by atoms with Crippen LogP contribution in [0.4, 0.5) is 0 Å². The van der Waals surface area contributed by atoms with Crippen LogP contribution in [0.5, 0.6) is 0 Å². The quantitative estimate of drug-likeness (QED) is 0.793. The summed E-state index contributed by atoms with van der Waals surface area (Å²) in [6.45, 7) is 1.29. The van der Waals surface area contributed by atoms with E-state index < -0.39 is 0 Å². The Balaban J connectivity index is 2.07. The number of carbonyl (C=O) groups excluding carboxylic acids is 1. The number of hydrogen-bond donors (Lipinski definition) is 2. The molecule has 1 aliphatic carbocycles. The van der Waals surface area contributed by atoms with Gasteiger partial charge in [-0.15, -0.1) is 0 Å². The largest absolute Gasteiger partial charge is 0.356 e. The fourth-order valence-electron chi connectivity index (χ4n) is 3.07. The normalized spacial score (nSPS) is 17.1. The number of halogens is 1. The molecule has 1 fully saturated rings. The predicted octanol–water partition coefficient (Wildman–Crippen LogP) is 2.91. The lowest BCUT2D eigenvalue weighted by Crippen LogP contribution is -2.41. The van der Waals surface area contributed by atoms with E-state index in [9.17, 15) is 4.79 Å². The number of rotatable bonds is 6. The molecule has 1 amide bonds. The van der Waals surface area contributed by atoms with E-state index >= 15 is 0 Å². The molecule has 1 aromatic rings. The molecule has 0 aliphatic heterocycles. The van der Waals surface area contributed by atoms with Crippen molar-refractivity contribution in [2.45, 2.75) is 38.5 Å². The lowest BCUT2D eigenvalue weighted by atomic mass is 9.79. The molecule has 0 heterocycles. The minimum atomic E-state index is -0.251. The first-order chi connectivity index (χ1) is 9.66. The number of nitrogens with two attached hydrogens (primary N) is 1. The first-order valence-corrected chi connectivity index (χ1v) is 7.77. The molecular weight excluding hydrogens is 272 g/mol. The van der Waals surface area contributed by atoms with Gasteiger partial charge in [0.25, 0.3) is 0 Å². The second kappa shape index (κ2) is 7.09. The zero-order valence-electron chi connectivity index (χ0n) is 11.8. The van der Waals surface area contributed by atoms with Crippen LogP contribution >= 0.6 is 11.6 Å². The summed E-state index contributed by atoms with van der Waals surface area (Å²) in [4.78, 5) is 12.5. The van der Waals surface area contributed by atoms with Gasteiger partial charge in [-0.2, -0.15) is 0 Å². The highest BCUT2D eigenvalue weighted by Crippen LogP contribution is 2.41. The molecule has 20 heavy (non-hydrogen) atoms. The molecule has 0 radical (unpaired) electrons. The molecule has 0 unspecified atom stereocenters. The number of hydrogen-bond acceptors (Lipinski definition) is 2. The van der Waals surface area contributed by atoms with E-state index in [1.165, 1.54) is 0 Å². The minimum absolute atomic E-state index is 0.184. The first-order valence-electron chi connectivity index (χ1n) is 7.39. The van der Waals surface area contributed by atoms with Gasteiger partial charge in [0.05, 0.1) is 5.41 Å². The van der Waals surface area contributed by atoms with E-state index in [1.54, 1.807) is 0 Å². The van der Waals surface area contributed by atoms with Gasteiger partial charge in [-0.1, -0.05) is 36.6 Å². The predicted molar refractivity (Wildman–Crippen MR) is 82.7 cm³/mol. The van der Waals surface area contributed by atoms with E-state index in [4.69, 9.17) is 17.3 Å². The monoisotopic (exact) mass is 294 g/mol. The number of nitrogens with one attached hydrogen (secondary N) is 1. The van der Waals surface area contributed by atoms with Crippen molar-refractivity contribution in [2.75, 3.05) is 13.1 Å². The van der Waals surface area contributed by atoms with E-state index in [2.05, 4.69) is 11.4 Å². The summed E-state index contributed by atoms with van der Waals surface area (Å²) < 4.78 is 0. The summed E-state index contributed by atoms with van der Waals surface area (Å²) in [5.74, 6) is 0.184. The van der Waals surface area contributed by atoms with E-state index in [-0.39, 0.29) is 11.3 Å². The van der Waals surface area contributed by atoms with E-state index in [0.29, 0.717) is 13.1 Å². The summed E-state index contributed by atoms with van der Waals surface area (Å²) >= 11 is 6.04. The standard InChI is InChI=1S/C16H23ClN2O/c17-14-6-3-5-13(11-14)12-16(7-1-2-8-16)15(20)19-10-4-9-18/h3,5-6,11H,1-2,4,7-10,12,18H2,(H,19,20). The van der Waals surface area contributed by atoms with Crippen LogP contribution in [0.15, 0.2) is 24.3 Å². The van der Waals surface area contributed by atoms with Crippen LogP contribution in [0.2, 0.25) is 5.02 Å². The summed E-state index contributed by atoms with van der Waals surface area (Å²) in [6.07, 6.45) is 5.80. The number of amides is 1. The van der Waals surface area contributed by atoms with Crippen LogP contribution in [0.3, 0.4) is 0 Å². The Morgan fingerprint density at radius 2 is 2.10 bits per heavy atom. The Hall–Kier alpha value is -1.06. The molecule has 1 aliphatic rings. The Morgan fingerprint density at radius 3 is 2.75 bits per heavy atom. The van der Waals surface area contributed by atoms with Gasteiger partial charge in [0.15, 0.2) is 0 Å². The Morgan fingerprint density at radius 1 is 1.35 bits per heavy atom. The third kappa shape index (κ3) is 3.74. The molecule has 3 N–H and O–H groups in total. The maximum Gasteiger partial charge on any atom is 0.226 e. The second-order valence-electron chi connectivity index (χ2n) is 5.69. The third-order valence-electron chi connectivity index (χ3n) is 4.14.